The van der Waals surface area contributed by atoms with Gasteiger partial charge in [-0.15, -0.1) is 0 Å². The Balaban J connectivity index is 1.89. The van der Waals surface area contributed by atoms with Crippen molar-refractivity contribution in [3.63, 3.8) is 0 Å². The summed E-state index contributed by atoms with van der Waals surface area (Å²) >= 11 is 4.33. The molecule has 2 nitrogen and oxygen atoms in total. The van der Waals surface area contributed by atoms with Crippen LogP contribution in [-0.4, -0.2) is 29.1 Å². The standard InChI is InChI=1S/C11H19NOS/c1-9-3-2-6-12(9)10(13)7-11(8-14)4-5-11/h9,14H,2-8H2,1H3. The molecule has 2 rings (SSSR count). The smallest absolute Gasteiger partial charge is 0.223 e. The molecule has 1 aliphatic carbocycles. The minimum atomic E-state index is 0.280. The van der Waals surface area contributed by atoms with Crippen LogP contribution in [0.15, 0.2) is 0 Å². The first-order valence-electron chi connectivity index (χ1n) is 5.57. The highest BCUT2D eigenvalue weighted by atomic mass is 32.1. The molecule has 0 aromatic rings. The lowest BCUT2D eigenvalue weighted by atomic mass is 10.0. The van der Waals surface area contributed by atoms with E-state index in [0.29, 0.717) is 11.9 Å². The number of carbonyl (C=O) groups is 1. The summed E-state index contributed by atoms with van der Waals surface area (Å²) in [6.45, 7) is 3.13. The van der Waals surface area contributed by atoms with Gasteiger partial charge in [0.15, 0.2) is 0 Å². The summed E-state index contributed by atoms with van der Waals surface area (Å²) in [6, 6.07) is 0.471. The highest BCUT2D eigenvalue weighted by molar-refractivity contribution is 7.80. The molecule has 0 aromatic heterocycles. The molecule has 0 N–H and O–H groups in total. The second-order valence-corrected chi connectivity index (χ2v) is 5.23. The Morgan fingerprint density at radius 1 is 1.57 bits per heavy atom. The zero-order valence-electron chi connectivity index (χ0n) is 8.83. The normalized spacial score (nSPS) is 29.3. The second-order valence-electron chi connectivity index (χ2n) is 4.91. The Kier molecular flexibility index (Phi) is 2.78. The molecule has 14 heavy (non-hydrogen) atoms. The maximum Gasteiger partial charge on any atom is 0.223 e. The molecule has 0 spiro atoms. The quantitative estimate of drug-likeness (QED) is 0.712. The molecule has 2 aliphatic rings. The van der Waals surface area contributed by atoms with Crippen LogP contribution in [0.1, 0.15) is 39.0 Å². The Morgan fingerprint density at radius 2 is 2.29 bits per heavy atom. The van der Waals surface area contributed by atoms with Crippen molar-refractivity contribution in [3.8, 4) is 0 Å². The van der Waals surface area contributed by atoms with Crippen molar-refractivity contribution in [1.82, 2.24) is 4.90 Å². The number of thiol groups is 1. The number of nitrogens with zero attached hydrogens (tertiary/aromatic N) is 1. The lowest BCUT2D eigenvalue weighted by Crippen LogP contribution is -2.35. The molecule has 1 unspecified atom stereocenters. The molecule has 0 radical (unpaired) electrons. The van der Waals surface area contributed by atoms with E-state index in [9.17, 15) is 4.79 Å². The highest BCUT2D eigenvalue weighted by Gasteiger charge is 2.44. The lowest BCUT2D eigenvalue weighted by molar-refractivity contribution is -0.132. The number of amides is 1. The van der Waals surface area contributed by atoms with Crippen LogP contribution in [0.25, 0.3) is 0 Å². The molecular formula is C11H19NOS. The number of likely N-dealkylation sites (tertiary alicyclic amines) is 1. The summed E-state index contributed by atoms with van der Waals surface area (Å²) in [5.41, 5.74) is 0.280. The summed E-state index contributed by atoms with van der Waals surface area (Å²) in [7, 11) is 0. The van der Waals surface area contributed by atoms with E-state index in [1.54, 1.807) is 0 Å². The van der Waals surface area contributed by atoms with E-state index in [1.807, 2.05) is 0 Å². The van der Waals surface area contributed by atoms with Gasteiger partial charge in [-0.05, 0) is 43.8 Å². The topological polar surface area (TPSA) is 20.3 Å². The van der Waals surface area contributed by atoms with E-state index in [2.05, 4.69) is 24.5 Å². The van der Waals surface area contributed by atoms with Crippen molar-refractivity contribution in [2.75, 3.05) is 12.3 Å². The maximum atomic E-state index is 12.0. The van der Waals surface area contributed by atoms with Gasteiger partial charge in [0.1, 0.15) is 0 Å². The van der Waals surface area contributed by atoms with Crippen molar-refractivity contribution in [3.05, 3.63) is 0 Å². The first-order valence-corrected chi connectivity index (χ1v) is 6.20. The molecule has 80 valence electrons. The predicted octanol–water partition coefficient (Wildman–Crippen LogP) is 2.10. The Bertz CT molecular complexity index is 237. The molecule has 0 bridgehead atoms. The summed E-state index contributed by atoms with van der Waals surface area (Å²) in [4.78, 5) is 14.0. The molecule has 1 aliphatic heterocycles. The van der Waals surface area contributed by atoms with Gasteiger partial charge in [0.05, 0.1) is 0 Å². The van der Waals surface area contributed by atoms with Gasteiger partial charge in [0, 0.05) is 19.0 Å². The van der Waals surface area contributed by atoms with Crippen LogP contribution in [0.2, 0.25) is 0 Å². The van der Waals surface area contributed by atoms with Crippen LogP contribution < -0.4 is 0 Å². The fourth-order valence-electron chi connectivity index (χ4n) is 2.29. The SMILES string of the molecule is CC1CCCN1C(=O)CC1(CS)CC1. The van der Waals surface area contributed by atoms with Gasteiger partial charge in [0.2, 0.25) is 5.91 Å². The third kappa shape index (κ3) is 1.92. The number of hydrogen-bond acceptors (Lipinski definition) is 2. The molecule has 1 heterocycles. The summed E-state index contributed by atoms with van der Waals surface area (Å²) in [5, 5.41) is 0. The molecule has 2 fully saturated rings. The van der Waals surface area contributed by atoms with E-state index in [-0.39, 0.29) is 5.41 Å². The van der Waals surface area contributed by atoms with Crippen LogP contribution >= 0.6 is 12.6 Å². The van der Waals surface area contributed by atoms with Gasteiger partial charge >= 0.3 is 0 Å². The van der Waals surface area contributed by atoms with E-state index in [1.165, 1.54) is 25.7 Å². The minimum Gasteiger partial charge on any atom is -0.340 e. The lowest BCUT2D eigenvalue weighted by Gasteiger charge is -2.23. The third-order valence-electron chi connectivity index (χ3n) is 3.69. The largest absolute Gasteiger partial charge is 0.340 e. The first kappa shape index (κ1) is 10.3. The van der Waals surface area contributed by atoms with Gasteiger partial charge in [0.25, 0.3) is 0 Å². The van der Waals surface area contributed by atoms with E-state index < -0.39 is 0 Å². The van der Waals surface area contributed by atoms with Gasteiger partial charge in [-0.3, -0.25) is 4.79 Å². The first-order chi connectivity index (χ1) is 6.67. The fraction of sp³-hybridized carbons (Fsp3) is 0.909. The zero-order chi connectivity index (χ0) is 10.2. The Labute approximate surface area is 91.5 Å². The van der Waals surface area contributed by atoms with E-state index in [0.717, 1.165) is 18.7 Å². The van der Waals surface area contributed by atoms with E-state index >= 15 is 0 Å². The molecule has 1 saturated heterocycles. The van der Waals surface area contributed by atoms with Crippen LogP contribution in [-0.2, 0) is 4.79 Å². The predicted molar refractivity (Wildman–Crippen MR) is 60.5 cm³/mol. The van der Waals surface area contributed by atoms with Crippen molar-refractivity contribution >= 4 is 18.5 Å². The van der Waals surface area contributed by atoms with Crippen molar-refractivity contribution < 1.29 is 4.79 Å². The number of rotatable bonds is 3. The average Bonchev–Trinajstić information content (AvgIpc) is 2.80. The van der Waals surface area contributed by atoms with E-state index in [4.69, 9.17) is 0 Å². The van der Waals surface area contributed by atoms with Crippen molar-refractivity contribution in [2.24, 2.45) is 5.41 Å². The van der Waals surface area contributed by atoms with Crippen LogP contribution in [0.3, 0.4) is 0 Å². The average molecular weight is 213 g/mol. The van der Waals surface area contributed by atoms with Crippen molar-refractivity contribution in [1.29, 1.82) is 0 Å². The molecule has 1 saturated carbocycles. The summed E-state index contributed by atoms with van der Waals surface area (Å²) in [5.74, 6) is 1.24. The highest BCUT2D eigenvalue weighted by Crippen LogP contribution is 2.50. The van der Waals surface area contributed by atoms with Gasteiger partial charge in [-0.1, -0.05) is 0 Å². The Morgan fingerprint density at radius 3 is 2.71 bits per heavy atom. The number of carbonyl (C=O) groups excluding carboxylic acids is 1. The zero-order valence-corrected chi connectivity index (χ0v) is 9.72. The summed E-state index contributed by atoms with van der Waals surface area (Å²) in [6.07, 6.45) is 5.50. The van der Waals surface area contributed by atoms with Gasteiger partial charge < -0.3 is 4.90 Å². The second kappa shape index (κ2) is 3.76. The fourth-order valence-corrected chi connectivity index (χ4v) is 2.72. The number of hydrogen-bond donors (Lipinski definition) is 1. The molecule has 0 aromatic carbocycles. The molecule has 1 amide bonds. The Hall–Kier alpha value is -0.180. The third-order valence-corrected chi connectivity index (χ3v) is 4.36. The monoisotopic (exact) mass is 213 g/mol. The van der Waals surface area contributed by atoms with Crippen LogP contribution in [0.4, 0.5) is 0 Å². The van der Waals surface area contributed by atoms with Crippen LogP contribution in [0, 0.1) is 5.41 Å². The minimum absolute atomic E-state index is 0.280. The van der Waals surface area contributed by atoms with Crippen LogP contribution in [0.5, 0.6) is 0 Å². The van der Waals surface area contributed by atoms with Gasteiger partial charge in [-0.25, -0.2) is 0 Å². The van der Waals surface area contributed by atoms with Crippen molar-refractivity contribution in [2.45, 2.75) is 45.1 Å². The van der Waals surface area contributed by atoms with Gasteiger partial charge in [-0.2, -0.15) is 12.6 Å². The molecule has 3 heteroatoms. The maximum absolute atomic E-state index is 12.0. The summed E-state index contributed by atoms with van der Waals surface area (Å²) < 4.78 is 0. The molecule has 1 atom stereocenters. The molecular weight excluding hydrogens is 194 g/mol.